The van der Waals surface area contributed by atoms with Gasteiger partial charge in [0, 0.05) is 70.0 Å². The molecule has 2 saturated heterocycles. The molecular weight excluding hydrogens is 903 g/mol. The Kier molecular flexibility index (Phi) is 16.8. The number of nitrogens with one attached hydrogen (secondary N) is 2. The fourth-order valence-corrected chi connectivity index (χ4v) is 9.98. The van der Waals surface area contributed by atoms with Gasteiger partial charge in [-0.15, -0.1) is 11.3 Å². The molecule has 3 fully saturated rings. The Morgan fingerprint density at radius 3 is 2.32 bits per heavy atom. The number of fused-ring (bicyclic) bond motifs is 2. The van der Waals surface area contributed by atoms with Crippen LogP contribution in [0.3, 0.4) is 0 Å². The highest BCUT2D eigenvalue weighted by Crippen LogP contribution is 2.35. The van der Waals surface area contributed by atoms with Gasteiger partial charge < -0.3 is 53.2 Å². The van der Waals surface area contributed by atoms with Gasteiger partial charge in [0.1, 0.15) is 36.8 Å². The van der Waals surface area contributed by atoms with Gasteiger partial charge in [0.05, 0.1) is 54.7 Å². The first-order valence-electron chi connectivity index (χ1n) is 23.7. The molecular formula is C48H62F2N8O9S. The van der Waals surface area contributed by atoms with E-state index >= 15 is 4.39 Å². The topological polar surface area (TPSA) is 175 Å². The Morgan fingerprint density at radius 1 is 0.882 bits per heavy atom. The smallest absolute Gasteiger partial charge is 0.270 e. The quantitative estimate of drug-likeness (QED) is 0.0878. The summed E-state index contributed by atoms with van der Waals surface area (Å²) in [5.74, 6) is -1.21. The summed E-state index contributed by atoms with van der Waals surface area (Å²) in [6.07, 6.45) is 8.64. The summed E-state index contributed by atoms with van der Waals surface area (Å²) in [6, 6.07) is 7.21. The van der Waals surface area contributed by atoms with E-state index in [1.807, 2.05) is 17.5 Å². The van der Waals surface area contributed by atoms with Crippen molar-refractivity contribution >= 4 is 50.2 Å². The molecule has 5 aromatic rings. The van der Waals surface area contributed by atoms with Gasteiger partial charge in [-0.1, -0.05) is 19.3 Å². The maximum atomic E-state index is 15.2. The fraction of sp³-hybridized carbons (Fsp3) is 0.562. The number of pyridine rings is 1. The van der Waals surface area contributed by atoms with Gasteiger partial charge >= 0.3 is 0 Å². The van der Waals surface area contributed by atoms with E-state index in [9.17, 15) is 18.8 Å². The maximum absolute atomic E-state index is 15.2. The summed E-state index contributed by atoms with van der Waals surface area (Å²) < 4.78 is 67.2. The van der Waals surface area contributed by atoms with Crippen LogP contribution in [0, 0.1) is 17.6 Å². The number of carbonyl (C=O) groups excluding carboxylic acids is 3. The second-order valence-electron chi connectivity index (χ2n) is 17.6. The number of thiophene rings is 1. The van der Waals surface area contributed by atoms with Crippen molar-refractivity contribution in [3.05, 3.63) is 65.0 Å². The monoisotopic (exact) mass is 964 g/mol. The zero-order chi connectivity index (χ0) is 47.6. The van der Waals surface area contributed by atoms with Crippen molar-refractivity contribution in [3.63, 3.8) is 0 Å². The number of hydrogen-bond donors (Lipinski definition) is 2. The van der Waals surface area contributed by atoms with Crippen molar-refractivity contribution < 1.29 is 51.4 Å². The van der Waals surface area contributed by atoms with Crippen molar-refractivity contribution in [3.8, 4) is 17.4 Å². The molecule has 2 N–H and O–H groups in total. The van der Waals surface area contributed by atoms with Gasteiger partial charge in [0.25, 0.3) is 11.8 Å². The molecule has 1 aliphatic carbocycles. The number of piperidine rings is 1. The molecule has 6 heterocycles. The van der Waals surface area contributed by atoms with Crippen LogP contribution in [0.1, 0.15) is 68.1 Å². The Bertz CT molecular complexity index is 2480. The largest absolute Gasteiger partial charge is 0.489 e. The molecule has 1 saturated carbocycles. The average molecular weight is 965 g/mol. The molecule has 0 bridgehead atoms. The third kappa shape index (κ3) is 11.9. The van der Waals surface area contributed by atoms with E-state index in [0.717, 1.165) is 80.1 Å². The number of benzene rings is 1. The lowest BCUT2D eigenvalue weighted by Gasteiger charge is -2.39. The molecule has 0 unspecified atom stereocenters. The highest BCUT2D eigenvalue weighted by Gasteiger charge is 2.37. The zero-order valence-corrected chi connectivity index (χ0v) is 39.8. The van der Waals surface area contributed by atoms with E-state index in [4.69, 9.17) is 28.2 Å². The Morgan fingerprint density at radius 2 is 1.59 bits per heavy atom. The Balaban J connectivity index is 0.727. The van der Waals surface area contributed by atoms with E-state index in [1.165, 1.54) is 10.6 Å². The number of aromatic nitrogens is 3. The van der Waals surface area contributed by atoms with Crippen LogP contribution < -0.4 is 24.8 Å². The lowest BCUT2D eigenvalue weighted by molar-refractivity contribution is -0.140. The number of halogens is 2. The predicted molar refractivity (Wildman–Crippen MR) is 250 cm³/mol. The highest BCUT2D eigenvalue weighted by molar-refractivity contribution is 7.17. The van der Waals surface area contributed by atoms with Gasteiger partial charge in [-0.05, 0) is 74.3 Å². The lowest BCUT2D eigenvalue weighted by atomic mass is 9.83. The van der Waals surface area contributed by atoms with Gasteiger partial charge in [0.15, 0.2) is 17.3 Å². The number of hydrogen-bond acceptors (Lipinski definition) is 14. The molecule has 17 nitrogen and oxygen atoms in total. The second-order valence-corrected chi connectivity index (χ2v) is 18.5. The standard InChI is InChI=1S/C48H62F2N8O9S/c1-31(51-2)46(59)53-43(32-7-5-4-6-8-32)48(61)58-18-16-57(17-19-58)47(60)39-28-35-38(55(39)3)29-36(49)42(50)44(35)65-25-23-63-21-20-62-22-24-64-41-27-34(67-54-41)30-56-14-10-33(11-15-56)66-40-9-13-52-37-12-26-68-45(37)40/h9,12-13,26-29,31-33,43,51H,4-8,10-11,14-25,30H2,1-3H3,(H,53,59)/t31-,43-/m0/s1. The summed E-state index contributed by atoms with van der Waals surface area (Å²) >= 11 is 1.64. The second kappa shape index (κ2) is 23.3. The van der Waals surface area contributed by atoms with Crippen LogP contribution in [-0.2, 0) is 32.7 Å². The minimum absolute atomic E-state index is 0.0561. The normalized spacial score (nSPS) is 17.4. The lowest BCUT2D eigenvalue weighted by Crippen LogP contribution is -2.59. The minimum atomic E-state index is -1.16. The van der Waals surface area contributed by atoms with E-state index in [0.29, 0.717) is 36.8 Å². The van der Waals surface area contributed by atoms with Crippen molar-refractivity contribution in [2.24, 2.45) is 13.0 Å². The molecule has 8 rings (SSSR count). The molecule has 4 aromatic heterocycles. The van der Waals surface area contributed by atoms with Crippen LogP contribution in [-0.4, -0.2) is 151 Å². The number of likely N-dealkylation sites (tertiary alicyclic amines) is 1. The van der Waals surface area contributed by atoms with E-state index in [1.54, 1.807) is 54.4 Å². The third-order valence-electron chi connectivity index (χ3n) is 13.2. The van der Waals surface area contributed by atoms with Crippen LogP contribution >= 0.6 is 11.3 Å². The van der Waals surface area contributed by atoms with Crippen molar-refractivity contribution in [1.82, 2.24) is 40.0 Å². The molecule has 1 aromatic carbocycles. The van der Waals surface area contributed by atoms with Crippen molar-refractivity contribution in [2.45, 2.75) is 76.6 Å². The first kappa shape index (κ1) is 49.0. The summed E-state index contributed by atoms with van der Waals surface area (Å²) in [5, 5.41) is 12.3. The summed E-state index contributed by atoms with van der Waals surface area (Å²) in [7, 11) is 3.32. The number of piperazine rings is 1. The Hall–Kier alpha value is -5.41. The third-order valence-corrected chi connectivity index (χ3v) is 14.1. The fourth-order valence-electron chi connectivity index (χ4n) is 9.17. The number of aryl methyl sites for hydroxylation is 1. The molecule has 68 heavy (non-hydrogen) atoms. The van der Waals surface area contributed by atoms with Gasteiger partial charge in [0.2, 0.25) is 17.6 Å². The van der Waals surface area contributed by atoms with Crippen molar-refractivity contribution in [2.75, 3.05) is 86.0 Å². The molecule has 3 aliphatic rings. The Labute approximate surface area is 398 Å². The number of amides is 3. The number of nitrogens with zero attached hydrogens (tertiary/aromatic N) is 6. The average Bonchev–Trinajstić information content (AvgIpc) is 4.12. The van der Waals surface area contributed by atoms with Crippen molar-refractivity contribution in [1.29, 1.82) is 0 Å². The summed E-state index contributed by atoms with van der Waals surface area (Å²) in [4.78, 5) is 50.7. The minimum Gasteiger partial charge on any atom is -0.489 e. The molecule has 2 aliphatic heterocycles. The van der Waals surface area contributed by atoms with Crippen LogP contribution in [0.25, 0.3) is 21.1 Å². The summed E-state index contributed by atoms with van der Waals surface area (Å²) in [5.41, 5.74) is 1.48. The van der Waals surface area contributed by atoms with Gasteiger partial charge in [-0.2, -0.15) is 4.39 Å². The molecule has 20 heteroatoms. The van der Waals surface area contributed by atoms with E-state index < -0.39 is 23.7 Å². The number of ether oxygens (including phenoxy) is 5. The van der Waals surface area contributed by atoms with Gasteiger partial charge in [-0.3, -0.25) is 24.3 Å². The number of rotatable bonds is 21. The first-order valence-corrected chi connectivity index (χ1v) is 24.6. The van der Waals surface area contributed by atoms with Gasteiger partial charge in [-0.25, -0.2) is 4.39 Å². The highest BCUT2D eigenvalue weighted by atomic mass is 32.1. The molecule has 368 valence electrons. The van der Waals surface area contributed by atoms with Crippen LogP contribution in [0.15, 0.2) is 46.4 Å². The van der Waals surface area contributed by atoms with E-state index in [-0.39, 0.29) is 99.3 Å². The van der Waals surface area contributed by atoms with Crippen LogP contribution in [0.2, 0.25) is 0 Å². The number of carbonyl (C=O) groups is 3. The summed E-state index contributed by atoms with van der Waals surface area (Å²) in [6.45, 7) is 6.29. The first-order chi connectivity index (χ1) is 33.1. The van der Waals surface area contributed by atoms with Crippen LogP contribution in [0.4, 0.5) is 8.78 Å². The maximum Gasteiger partial charge on any atom is 0.270 e. The predicted octanol–water partition coefficient (Wildman–Crippen LogP) is 5.55. The SMILES string of the molecule is CN[C@@H](C)C(=O)N[C@H](C(=O)N1CCN(C(=O)c2cc3c(OCCOCCOCCOc4cc(CN5CCC(Oc6ccnc7ccsc67)CC5)on4)c(F)c(F)cc3n2C)CC1)C1CCCCC1. The molecule has 0 spiro atoms. The molecule has 3 amide bonds. The van der Waals surface area contributed by atoms with Crippen LogP contribution in [0.5, 0.6) is 17.4 Å². The molecule has 2 atom stereocenters. The number of likely N-dealkylation sites (N-methyl/N-ethyl adjacent to an activating group) is 1. The molecule has 0 radical (unpaired) electrons. The zero-order valence-electron chi connectivity index (χ0n) is 39.0. The van der Waals surface area contributed by atoms with E-state index in [2.05, 4.69) is 25.7 Å².